The van der Waals surface area contributed by atoms with E-state index in [2.05, 4.69) is 30.2 Å². The Bertz CT molecular complexity index is 790. The smallest absolute Gasteiger partial charge is 0.304 e. The fourth-order valence-corrected chi connectivity index (χ4v) is 3.33. The summed E-state index contributed by atoms with van der Waals surface area (Å²) in [5, 5.41) is 12.1. The fourth-order valence-electron chi connectivity index (χ4n) is 3.33. The molecular weight excluding hydrogens is 332 g/mol. The number of hydrogen-bond donors (Lipinski definition) is 2. The lowest BCUT2D eigenvalue weighted by molar-refractivity contribution is -0.137. The molecule has 3 rings (SSSR count). The van der Waals surface area contributed by atoms with E-state index in [4.69, 9.17) is 5.11 Å². The van der Waals surface area contributed by atoms with Gasteiger partial charge in [-0.2, -0.15) is 0 Å². The summed E-state index contributed by atoms with van der Waals surface area (Å²) >= 11 is 0. The number of rotatable bonds is 6. The Morgan fingerprint density at radius 1 is 1.15 bits per heavy atom. The zero-order chi connectivity index (χ0) is 18.7. The molecule has 138 valence electrons. The minimum atomic E-state index is -0.782. The number of anilines is 2. The lowest BCUT2D eigenvalue weighted by atomic mass is 10.2. The van der Waals surface area contributed by atoms with Crippen molar-refractivity contribution in [3.8, 4) is 0 Å². The molecular formula is C18H24N6O2. The molecule has 1 aliphatic heterocycles. The molecule has 2 aromatic rings. The maximum atomic E-state index is 10.9. The number of hydrogen-bond acceptors (Lipinski definition) is 7. The molecule has 0 spiro atoms. The summed E-state index contributed by atoms with van der Waals surface area (Å²) in [6, 6.07) is 3.83. The Morgan fingerprint density at radius 2 is 1.85 bits per heavy atom. The summed E-state index contributed by atoms with van der Waals surface area (Å²) in [4.78, 5) is 31.1. The van der Waals surface area contributed by atoms with Gasteiger partial charge in [0, 0.05) is 29.7 Å². The second-order valence-corrected chi connectivity index (χ2v) is 6.69. The van der Waals surface area contributed by atoms with Crippen molar-refractivity contribution < 1.29 is 9.90 Å². The van der Waals surface area contributed by atoms with Gasteiger partial charge in [-0.3, -0.25) is 9.69 Å². The minimum Gasteiger partial charge on any atom is -0.481 e. The van der Waals surface area contributed by atoms with Crippen LogP contribution in [0.5, 0.6) is 0 Å². The van der Waals surface area contributed by atoms with Crippen LogP contribution in [-0.4, -0.2) is 49.0 Å². The standard InChI is InChI=1S/C18H24N6O2/c1-11-9-12(2)21-18(20-11)23-15-10-13(3)19-17(22-15)14-5-4-7-24(14)8-6-16(25)26/h9-10,14H,4-8H2,1-3H3,(H,25,26)(H,19,20,21,22,23). The van der Waals surface area contributed by atoms with Gasteiger partial charge in [0.15, 0.2) is 0 Å². The van der Waals surface area contributed by atoms with Crippen molar-refractivity contribution in [2.75, 3.05) is 18.4 Å². The van der Waals surface area contributed by atoms with Gasteiger partial charge >= 0.3 is 5.97 Å². The Balaban J connectivity index is 1.81. The second kappa shape index (κ2) is 7.74. The van der Waals surface area contributed by atoms with Gasteiger partial charge in [-0.1, -0.05) is 0 Å². The normalized spacial score (nSPS) is 17.4. The predicted octanol–water partition coefficient (Wildman–Crippen LogP) is 2.55. The van der Waals surface area contributed by atoms with Gasteiger partial charge < -0.3 is 10.4 Å². The van der Waals surface area contributed by atoms with Crippen molar-refractivity contribution in [2.24, 2.45) is 0 Å². The van der Waals surface area contributed by atoms with Crippen LogP contribution in [0.4, 0.5) is 11.8 Å². The summed E-state index contributed by atoms with van der Waals surface area (Å²) < 4.78 is 0. The van der Waals surface area contributed by atoms with Crippen molar-refractivity contribution in [1.29, 1.82) is 0 Å². The number of aryl methyl sites for hydroxylation is 3. The SMILES string of the molecule is Cc1cc(C)nc(Nc2cc(C)nc(C3CCCN3CCC(=O)O)n2)n1. The minimum absolute atomic E-state index is 0.0509. The highest BCUT2D eigenvalue weighted by atomic mass is 16.4. The maximum Gasteiger partial charge on any atom is 0.304 e. The molecule has 0 aromatic carbocycles. The number of nitrogens with zero attached hydrogens (tertiary/aromatic N) is 5. The lowest BCUT2D eigenvalue weighted by Crippen LogP contribution is -2.27. The predicted molar refractivity (Wildman–Crippen MR) is 97.4 cm³/mol. The largest absolute Gasteiger partial charge is 0.481 e. The topological polar surface area (TPSA) is 104 Å². The number of carboxylic acids is 1. The molecule has 8 nitrogen and oxygen atoms in total. The number of carboxylic acid groups (broad SMARTS) is 1. The monoisotopic (exact) mass is 356 g/mol. The van der Waals surface area contributed by atoms with Gasteiger partial charge in [0.1, 0.15) is 11.6 Å². The Labute approximate surface area is 152 Å². The first-order valence-electron chi connectivity index (χ1n) is 8.81. The number of likely N-dealkylation sites (tertiary alicyclic amines) is 1. The molecule has 0 saturated carbocycles. The lowest BCUT2D eigenvalue weighted by Gasteiger charge is -2.23. The molecule has 0 radical (unpaired) electrons. The first kappa shape index (κ1) is 18.2. The van der Waals surface area contributed by atoms with Crippen LogP contribution >= 0.6 is 0 Å². The van der Waals surface area contributed by atoms with E-state index in [0.717, 1.165) is 42.3 Å². The third-order valence-electron chi connectivity index (χ3n) is 4.37. The molecule has 0 bridgehead atoms. The molecule has 1 saturated heterocycles. The molecule has 8 heteroatoms. The van der Waals surface area contributed by atoms with Gasteiger partial charge in [0.25, 0.3) is 0 Å². The second-order valence-electron chi connectivity index (χ2n) is 6.69. The summed E-state index contributed by atoms with van der Waals surface area (Å²) in [5.74, 6) is 1.11. The van der Waals surface area contributed by atoms with Crippen LogP contribution in [0.1, 0.15) is 48.2 Å². The van der Waals surface area contributed by atoms with E-state index < -0.39 is 5.97 Å². The van der Waals surface area contributed by atoms with Crippen LogP contribution in [0.2, 0.25) is 0 Å². The van der Waals surface area contributed by atoms with Crippen molar-refractivity contribution in [3.63, 3.8) is 0 Å². The van der Waals surface area contributed by atoms with Gasteiger partial charge in [-0.05, 0) is 46.2 Å². The van der Waals surface area contributed by atoms with E-state index in [1.165, 1.54) is 0 Å². The van der Waals surface area contributed by atoms with Gasteiger partial charge in [0.2, 0.25) is 5.95 Å². The number of carbonyl (C=O) groups is 1. The van der Waals surface area contributed by atoms with E-state index in [9.17, 15) is 4.79 Å². The van der Waals surface area contributed by atoms with Crippen LogP contribution in [0.15, 0.2) is 12.1 Å². The molecule has 26 heavy (non-hydrogen) atoms. The third kappa shape index (κ3) is 4.51. The third-order valence-corrected chi connectivity index (χ3v) is 4.37. The molecule has 1 atom stereocenters. The number of nitrogens with one attached hydrogen (secondary N) is 1. The van der Waals surface area contributed by atoms with Gasteiger partial charge in [-0.25, -0.2) is 19.9 Å². The van der Waals surface area contributed by atoms with Crippen LogP contribution in [0.3, 0.4) is 0 Å². The van der Waals surface area contributed by atoms with Gasteiger partial charge in [-0.15, -0.1) is 0 Å². The molecule has 0 amide bonds. The Kier molecular flexibility index (Phi) is 5.41. The summed E-state index contributed by atoms with van der Waals surface area (Å²) in [6.45, 7) is 7.17. The van der Waals surface area contributed by atoms with E-state index in [1.807, 2.05) is 32.9 Å². The average molecular weight is 356 g/mol. The first-order chi connectivity index (χ1) is 12.4. The molecule has 1 aliphatic rings. The highest BCUT2D eigenvalue weighted by molar-refractivity contribution is 5.66. The molecule has 0 aliphatic carbocycles. The van der Waals surface area contributed by atoms with Crippen LogP contribution in [0.25, 0.3) is 0 Å². The van der Waals surface area contributed by atoms with E-state index in [1.54, 1.807) is 0 Å². The molecule has 1 fully saturated rings. The van der Waals surface area contributed by atoms with E-state index >= 15 is 0 Å². The highest BCUT2D eigenvalue weighted by Crippen LogP contribution is 2.30. The zero-order valence-corrected chi connectivity index (χ0v) is 15.4. The zero-order valence-electron chi connectivity index (χ0n) is 15.4. The van der Waals surface area contributed by atoms with Crippen LogP contribution in [-0.2, 0) is 4.79 Å². The van der Waals surface area contributed by atoms with Crippen molar-refractivity contribution in [2.45, 2.75) is 46.1 Å². The van der Waals surface area contributed by atoms with Gasteiger partial charge in [0.05, 0.1) is 12.5 Å². The Hall–Kier alpha value is -2.61. The number of aromatic nitrogens is 4. The summed E-state index contributed by atoms with van der Waals surface area (Å²) in [6.07, 6.45) is 2.08. The van der Waals surface area contributed by atoms with Crippen molar-refractivity contribution in [3.05, 3.63) is 35.0 Å². The van der Waals surface area contributed by atoms with Crippen LogP contribution < -0.4 is 5.32 Å². The summed E-state index contributed by atoms with van der Waals surface area (Å²) in [5.41, 5.74) is 2.63. The average Bonchev–Trinajstić information content (AvgIpc) is 2.99. The highest BCUT2D eigenvalue weighted by Gasteiger charge is 2.28. The summed E-state index contributed by atoms with van der Waals surface area (Å²) in [7, 11) is 0. The van der Waals surface area contributed by atoms with Crippen molar-refractivity contribution in [1.82, 2.24) is 24.8 Å². The first-order valence-corrected chi connectivity index (χ1v) is 8.81. The Morgan fingerprint density at radius 3 is 2.54 bits per heavy atom. The molecule has 2 aromatic heterocycles. The fraction of sp³-hybridized carbons (Fsp3) is 0.500. The molecule has 2 N–H and O–H groups in total. The quantitative estimate of drug-likeness (QED) is 0.814. The molecule has 1 unspecified atom stereocenters. The van der Waals surface area contributed by atoms with E-state index in [0.29, 0.717) is 18.3 Å². The van der Waals surface area contributed by atoms with Crippen molar-refractivity contribution >= 4 is 17.7 Å². The van der Waals surface area contributed by atoms with Crippen LogP contribution in [0, 0.1) is 20.8 Å². The molecule has 3 heterocycles. The van der Waals surface area contributed by atoms with E-state index in [-0.39, 0.29) is 12.5 Å². The maximum absolute atomic E-state index is 10.9. The number of aliphatic carboxylic acids is 1.